The minimum atomic E-state index is -4.35. The van der Waals surface area contributed by atoms with Crippen molar-refractivity contribution in [2.45, 2.75) is 44.8 Å². The van der Waals surface area contributed by atoms with E-state index in [1.54, 1.807) is 0 Å². The second-order valence-electron chi connectivity index (χ2n) is 4.66. The van der Waals surface area contributed by atoms with Gasteiger partial charge < -0.3 is 5.73 Å². The van der Waals surface area contributed by atoms with Gasteiger partial charge in [0, 0.05) is 6.42 Å². The number of alkyl halides is 3. The summed E-state index contributed by atoms with van der Waals surface area (Å²) in [6.07, 6.45) is -3.25. The Balaban J connectivity index is 2.82. The number of halogens is 3. The fourth-order valence-electron chi connectivity index (χ4n) is 1.82. The van der Waals surface area contributed by atoms with Gasteiger partial charge in [0.15, 0.2) is 5.78 Å². The molecule has 0 saturated heterocycles. The molecule has 1 aromatic rings. The summed E-state index contributed by atoms with van der Waals surface area (Å²) in [5.41, 5.74) is 4.91. The topological polar surface area (TPSA) is 43.1 Å². The lowest BCUT2D eigenvalue weighted by molar-refractivity contribution is -0.137. The zero-order valence-electron chi connectivity index (χ0n) is 11.1. The molecule has 0 aliphatic carbocycles. The van der Waals surface area contributed by atoms with Crippen LogP contribution in [0.3, 0.4) is 0 Å². The third-order valence-electron chi connectivity index (χ3n) is 3.46. The fraction of sp³-hybridized carbons (Fsp3) is 0.500. The molecule has 0 saturated carbocycles. The Labute approximate surface area is 110 Å². The molecular weight excluding hydrogens is 255 g/mol. The third kappa shape index (κ3) is 3.80. The van der Waals surface area contributed by atoms with E-state index in [0.717, 1.165) is 12.1 Å². The van der Waals surface area contributed by atoms with E-state index in [1.807, 2.05) is 13.8 Å². The molecule has 0 spiro atoms. The largest absolute Gasteiger partial charge is 0.416 e. The SMILES string of the molecule is CCC(N)(CC)C(=O)Cc1ccc(C(F)(F)F)cc1. The maximum Gasteiger partial charge on any atom is 0.416 e. The van der Waals surface area contributed by atoms with Gasteiger partial charge in [-0.15, -0.1) is 0 Å². The molecule has 0 aliphatic heterocycles. The van der Waals surface area contributed by atoms with Crippen molar-refractivity contribution in [2.24, 2.45) is 5.73 Å². The van der Waals surface area contributed by atoms with Gasteiger partial charge in [0.1, 0.15) is 0 Å². The summed E-state index contributed by atoms with van der Waals surface area (Å²) in [5.74, 6) is -0.141. The summed E-state index contributed by atoms with van der Waals surface area (Å²) in [6.45, 7) is 3.66. The van der Waals surface area contributed by atoms with Crippen molar-refractivity contribution in [2.75, 3.05) is 0 Å². The van der Waals surface area contributed by atoms with E-state index in [4.69, 9.17) is 5.73 Å². The van der Waals surface area contributed by atoms with Crippen LogP contribution in [-0.2, 0) is 17.4 Å². The van der Waals surface area contributed by atoms with Gasteiger partial charge >= 0.3 is 6.18 Å². The number of Topliss-reactive ketones (excluding diaryl/α,β-unsaturated/α-hetero) is 1. The molecule has 0 aliphatic rings. The van der Waals surface area contributed by atoms with Crippen LogP contribution in [0, 0.1) is 0 Å². The second kappa shape index (κ2) is 5.74. The maximum absolute atomic E-state index is 12.4. The van der Waals surface area contributed by atoms with E-state index in [1.165, 1.54) is 12.1 Å². The number of nitrogens with two attached hydrogens (primary N) is 1. The van der Waals surface area contributed by atoms with Gasteiger partial charge in [0.25, 0.3) is 0 Å². The first kappa shape index (κ1) is 15.7. The monoisotopic (exact) mass is 273 g/mol. The Kier molecular flexibility index (Phi) is 4.74. The number of benzene rings is 1. The Bertz CT molecular complexity index is 433. The Morgan fingerprint density at radius 1 is 1.11 bits per heavy atom. The van der Waals surface area contributed by atoms with Crippen molar-refractivity contribution in [3.63, 3.8) is 0 Å². The Morgan fingerprint density at radius 2 is 1.58 bits per heavy atom. The van der Waals surface area contributed by atoms with Crippen molar-refractivity contribution in [3.05, 3.63) is 35.4 Å². The predicted octanol–water partition coefficient (Wildman–Crippen LogP) is 3.33. The molecule has 0 unspecified atom stereocenters. The van der Waals surface area contributed by atoms with Crippen molar-refractivity contribution in [1.82, 2.24) is 0 Å². The van der Waals surface area contributed by atoms with Crippen LogP contribution in [0.4, 0.5) is 13.2 Å². The van der Waals surface area contributed by atoms with E-state index >= 15 is 0 Å². The van der Waals surface area contributed by atoms with Gasteiger partial charge in [0.05, 0.1) is 11.1 Å². The molecule has 0 amide bonds. The van der Waals surface area contributed by atoms with Gasteiger partial charge in [-0.25, -0.2) is 0 Å². The zero-order valence-corrected chi connectivity index (χ0v) is 11.1. The summed E-state index contributed by atoms with van der Waals surface area (Å²) in [4.78, 5) is 12.0. The van der Waals surface area contributed by atoms with Crippen LogP contribution in [-0.4, -0.2) is 11.3 Å². The smallest absolute Gasteiger partial charge is 0.319 e. The molecule has 106 valence electrons. The molecular formula is C14H18F3NO. The van der Waals surface area contributed by atoms with E-state index in [2.05, 4.69) is 0 Å². The van der Waals surface area contributed by atoms with E-state index in [-0.39, 0.29) is 12.2 Å². The fourth-order valence-corrected chi connectivity index (χ4v) is 1.82. The lowest BCUT2D eigenvalue weighted by Gasteiger charge is -2.24. The lowest BCUT2D eigenvalue weighted by Crippen LogP contribution is -2.47. The summed E-state index contributed by atoms with van der Waals surface area (Å²) >= 11 is 0. The number of rotatable bonds is 5. The van der Waals surface area contributed by atoms with Gasteiger partial charge in [-0.1, -0.05) is 26.0 Å². The second-order valence-corrected chi connectivity index (χ2v) is 4.66. The average molecular weight is 273 g/mol. The molecule has 5 heteroatoms. The van der Waals surface area contributed by atoms with Gasteiger partial charge in [0.2, 0.25) is 0 Å². The van der Waals surface area contributed by atoms with Crippen LogP contribution in [0.1, 0.15) is 37.8 Å². The van der Waals surface area contributed by atoms with Crippen LogP contribution in [0.2, 0.25) is 0 Å². The van der Waals surface area contributed by atoms with Crippen LogP contribution >= 0.6 is 0 Å². The predicted molar refractivity (Wildman–Crippen MR) is 67.7 cm³/mol. The van der Waals surface area contributed by atoms with E-state index in [9.17, 15) is 18.0 Å². The van der Waals surface area contributed by atoms with Gasteiger partial charge in [-0.2, -0.15) is 13.2 Å². The summed E-state index contributed by atoms with van der Waals surface area (Å²) < 4.78 is 37.2. The van der Waals surface area contributed by atoms with Crippen LogP contribution in [0.15, 0.2) is 24.3 Å². The lowest BCUT2D eigenvalue weighted by atomic mass is 9.86. The molecule has 0 atom stereocenters. The van der Waals surface area contributed by atoms with Crippen LogP contribution in [0.5, 0.6) is 0 Å². The van der Waals surface area contributed by atoms with Crippen molar-refractivity contribution in [1.29, 1.82) is 0 Å². The van der Waals surface area contributed by atoms with E-state index in [0.29, 0.717) is 18.4 Å². The normalized spacial score (nSPS) is 12.5. The molecule has 0 bridgehead atoms. The zero-order chi connectivity index (χ0) is 14.7. The number of carbonyl (C=O) groups is 1. The minimum absolute atomic E-state index is 0.0658. The van der Waals surface area contributed by atoms with Gasteiger partial charge in [-0.05, 0) is 30.5 Å². The molecule has 1 rings (SSSR count). The molecule has 0 aromatic heterocycles. The number of ketones is 1. The number of carbonyl (C=O) groups excluding carboxylic acids is 1. The number of hydrogen-bond acceptors (Lipinski definition) is 2. The first-order chi connectivity index (χ1) is 8.73. The van der Waals surface area contributed by atoms with Crippen molar-refractivity contribution >= 4 is 5.78 Å². The molecule has 0 radical (unpaired) electrons. The van der Waals surface area contributed by atoms with Crippen molar-refractivity contribution in [3.8, 4) is 0 Å². The molecule has 1 aromatic carbocycles. The molecule has 0 heterocycles. The quantitative estimate of drug-likeness (QED) is 0.894. The first-order valence-corrected chi connectivity index (χ1v) is 6.21. The summed E-state index contributed by atoms with van der Waals surface area (Å²) in [6, 6.07) is 4.62. The third-order valence-corrected chi connectivity index (χ3v) is 3.46. The number of hydrogen-bond donors (Lipinski definition) is 1. The maximum atomic E-state index is 12.4. The van der Waals surface area contributed by atoms with Crippen LogP contribution in [0.25, 0.3) is 0 Å². The molecule has 19 heavy (non-hydrogen) atoms. The average Bonchev–Trinajstić information content (AvgIpc) is 2.37. The highest BCUT2D eigenvalue weighted by Gasteiger charge is 2.31. The van der Waals surface area contributed by atoms with Gasteiger partial charge in [-0.3, -0.25) is 4.79 Å². The van der Waals surface area contributed by atoms with Crippen molar-refractivity contribution < 1.29 is 18.0 Å². The Hall–Kier alpha value is -1.36. The highest BCUT2D eigenvalue weighted by Crippen LogP contribution is 2.29. The van der Waals surface area contributed by atoms with Crippen LogP contribution < -0.4 is 5.73 Å². The molecule has 0 fully saturated rings. The Morgan fingerprint density at radius 3 is 1.95 bits per heavy atom. The minimum Gasteiger partial charge on any atom is -0.319 e. The summed E-state index contributed by atoms with van der Waals surface area (Å²) in [5, 5.41) is 0. The standard InChI is InChI=1S/C14H18F3NO/c1-3-13(18,4-2)12(19)9-10-5-7-11(8-6-10)14(15,16)17/h5-8H,3-4,9,18H2,1-2H3. The highest BCUT2D eigenvalue weighted by atomic mass is 19.4. The van der Waals surface area contributed by atoms with E-state index < -0.39 is 17.3 Å². The first-order valence-electron chi connectivity index (χ1n) is 6.21. The molecule has 2 N–H and O–H groups in total. The highest BCUT2D eigenvalue weighted by molar-refractivity contribution is 5.89. The summed E-state index contributed by atoms with van der Waals surface area (Å²) in [7, 11) is 0. The molecule has 2 nitrogen and oxygen atoms in total.